The summed E-state index contributed by atoms with van der Waals surface area (Å²) in [4.78, 5) is 17.0. The lowest BCUT2D eigenvalue weighted by Gasteiger charge is -2.48. The van der Waals surface area contributed by atoms with Crippen LogP contribution < -0.4 is 5.32 Å². The molecule has 6 nitrogen and oxygen atoms in total. The monoisotopic (exact) mass is 359 g/mol. The van der Waals surface area contributed by atoms with Crippen molar-refractivity contribution in [3.8, 4) is 0 Å². The molecule has 2 amide bonds. The zero-order chi connectivity index (χ0) is 17.8. The highest BCUT2D eigenvalue weighted by Crippen LogP contribution is 2.37. The van der Waals surface area contributed by atoms with Crippen molar-refractivity contribution >= 4 is 11.7 Å². The standard InChI is InChI=1S/C20H29N3O3/c24-19(21-17-4-2-1-3-5-17)23-9-7-20(8-10-23)16-18(6-13-26-20)22-11-14-25-15-12-22/h1-5,18H,6-16H2,(H,21,24). The molecule has 3 fully saturated rings. The van der Waals surface area contributed by atoms with Gasteiger partial charge in [-0.3, -0.25) is 4.90 Å². The van der Waals surface area contributed by atoms with Gasteiger partial charge in [0.05, 0.1) is 18.8 Å². The van der Waals surface area contributed by atoms with E-state index in [0.717, 1.165) is 77.4 Å². The number of hydrogen-bond donors (Lipinski definition) is 1. The Labute approximate surface area is 155 Å². The zero-order valence-corrected chi connectivity index (χ0v) is 15.4. The Hall–Kier alpha value is -1.63. The molecule has 1 atom stereocenters. The summed E-state index contributed by atoms with van der Waals surface area (Å²) in [6.07, 6.45) is 4.05. The average molecular weight is 359 g/mol. The summed E-state index contributed by atoms with van der Waals surface area (Å²) < 4.78 is 11.8. The van der Waals surface area contributed by atoms with E-state index < -0.39 is 0 Å². The number of likely N-dealkylation sites (tertiary alicyclic amines) is 1. The second kappa shape index (κ2) is 7.94. The van der Waals surface area contributed by atoms with Gasteiger partial charge in [0.15, 0.2) is 0 Å². The number of carbonyl (C=O) groups excluding carboxylic acids is 1. The summed E-state index contributed by atoms with van der Waals surface area (Å²) in [6.45, 7) is 6.11. The molecule has 1 spiro atoms. The van der Waals surface area contributed by atoms with E-state index in [0.29, 0.717) is 6.04 Å². The van der Waals surface area contributed by atoms with Crippen LogP contribution in [0.15, 0.2) is 30.3 Å². The van der Waals surface area contributed by atoms with Crippen LogP contribution in [-0.2, 0) is 9.47 Å². The van der Waals surface area contributed by atoms with Crippen LogP contribution in [0, 0.1) is 0 Å². The normalized spacial score (nSPS) is 26.6. The third kappa shape index (κ3) is 4.03. The molecule has 1 aromatic carbocycles. The summed E-state index contributed by atoms with van der Waals surface area (Å²) in [5, 5.41) is 2.99. The van der Waals surface area contributed by atoms with Gasteiger partial charge in [0.1, 0.15) is 0 Å². The van der Waals surface area contributed by atoms with Gasteiger partial charge in [-0.1, -0.05) is 18.2 Å². The van der Waals surface area contributed by atoms with Crippen LogP contribution in [0.3, 0.4) is 0 Å². The number of piperidine rings is 1. The summed E-state index contributed by atoms with van der Waals surface area (Å²) in [5.41, 5.74) is 0.796. The SMILES string of the molecule is O=C(Nc1ccccc1)N1CCC2(CC1)CC(N1CCOCC1)CCO2. The summed E-state index contributed by atoms with van der Waals surface area (Å²) >= 11 is 0. The fourth-order valence-electron chi connectivity index (χ4n) is 4.45. The van der Waals surface area contributed by atoms with Gasteiger partial charge in [-0.25, -0.2) is 4.79 Å². The van der Waals surface area contributed by atoms with Crippen molar-refractivity contribution in [1.82, 2.24) is 9.80 Å². The van der Waals surface area contributed by atoms with Gasteiger partial charge in [-0.2, -0.15) is 0 Å². The minimum atomic E-state index is -0.0508. The van der Waals surface area contributed by atoms with E-state index in [1.54, 1.807) is 0 Å². The number of ether oxygens (including phenoxy) is 2. The van der Waals surface area contributed by atoms with Gasteiger partial charge < -0.3 is 19.7 Å². The largest absolute Gasteiger partial charge is 0.379 e. The molecular formula is C20H29N3O3. The quantitative estimate of drug-likeness (QED) is 0.882. The van der Waals surface area contributed by atoms with E-state index in [1.807, 2.05) is 35.2 Å². The molecule has 4 rings (SSSR count). The van der Waals surface area contributed by atoms with E-state index in [1.165, 1.54) is 0 Å². The van der Waals surface area contributed by atoms with Gasteiger partial charge in [0, 0.05) is 44.5 Å². The summed E-state index contributed by atoms with van der Waals surface area (Å²) in [7, 11) is 0. The molecule has 0 aromatic heterocycles. The lowest BCUT2D eigenvalue weighted by Crippen LogP contribution is -2.56. The Bertz CT molecular complexity index is 596. The van der Waals surface area contributed by atoms with Crippen LogP contribution >= 0.6 is 0 Å². The first-order chi connectivity index (χ1) is 12.7. The molecule has 26 heavy (non-hydrogen) atoms. The molecule has 3 saturated heterocycles. The molecule has 3 aliphatic heterocycles. The van der Waals surface area contributed by atoms with Crippen LogP contribution in [0.25, 0.3) is 0 Å². The molecule has 0 saturated carbocycles. The van der Waals surface area contributed by atoms with Gasteiger partial charge in [-0.15, -0.1) is 0 Å². The Morgan fingerprint density at radius 2 is 1.77 bits per heavy atom. The highest BCUT2D eigenvalue weighted by atomic mass is 16.5. The predicted molar refractivity (Wildman–Crippen MR) is 100 cm³/mol. The van der Waals surface area contributed by atoms with Gasteiger partial charge in [0.2, 0.25) is 0 Å². The maximum atomic E-state index is 12.5. The van der Waals surface area contributed by atoms with Crippen LogP contribution in [0.1, 0.15) is 25.7 Å². The molecular weight excluding hydrogens is 330 g/mol. The fraction of sp³-hybridized carbons (Fsp3) is 0.650. The van der Waals surface area contributed by atoms with Gasteiger partial charge in [-0.05, 0) is 37.8 Å². The zero-order valence-electron chi connectivity index (χ0n) is 15.4. The van der Waals surface area contributed by atoms with E-state index in [4.69, 9.17) is 9.47 Å². The molecule has 3 heterocycles. The number of benzene rings is 1. The number of anilines is 1. The van der Waals surface area contributed by atoms with Crippen molar-refractivity contribution in [3.05, 3.63) is 30.3 Å². The number of hydrogen-bond acceptors (Lipinski definition) is 4. The number of para-hydroxylation sites is 1. The highest BCUT2D eigenvalue weighted by molar-refractivity contribution is 5.89. The Kier molecular flexibility index (Phi) is 5.43. The second-order valence-electron chi connectivity index (χ2n) is 7.61. The fourth-order valence-corrected chi connectivity index (χ4v) is 4.45. The van der Waals surface area contributed by atoms with Crippen LogP contribution in [0.4, 0.5) is 10.5 Å². The number of nitrogens with zero attached hydrogens (tertiary/aromatic N) is 2. The molecule has 0 radical (unpaired) electrons. The molecule has 6 heteroatoms. The average Bonchev–Trinajstić information content (AvgIpc) is 2.70. The van der Waals surface area contributed by atoms with E-state index >= 15 is 0 Å². The van der Waals surface area contributed by atoms with Crippen LogP contribution in [-0.4, -0.2) is 73.5 Å². The predicted octanol–water partition coefficient (Wildman–Crippen LogP) is 2.56. The highest BCUT2D eigenvalue weighted by Gasteiger charge is 2.42. The summed E-state index contributed by atoms with van der Waals surface area (Å²) in [6, 6.07) is 10.2. The van der Waals surface area contributed by atoms with E-state index in [2.05, 4.69) is 10.2 Å². The second-order valence-corrected chi connectivity index (χ2v) is 7.61. The Morgan fingerprint density at radius 3 is 2.50 bits per heavy atom. The van der Waals surface area contributed by atoms with Gasteiger partial charge in [0.25, 0.3) is 0 Å². The van der Waals surface area contributed by atoms with Crippen molar-refractivity contribution in [2.24, 2.45) is 0 Å². The Morgan fingerprint density at radius 1 is 1.04 bits per heavy atom. The van der Waals surface area contributed by atoms with E-state index in [9.17, 15) is 4.79 Å². The number of morpholine rings is 1. The van der Waals surface area contributed by atoms with Crippen molar-refractivity contribution in [1.29, 1.82) is 0 Å². The smallest absolute Gasteiger partial charge is 0.321 e. The molecule has 1 aromatic rings. The van der Waals surface area contributed by atoms with Gasteiger partial charge >= 0.3 is 6.03 Å². The lowest BCUT2D eigenvalue weighted by molar-refractivity contribution is -0.135. The van der Waals surface area contributed by atoms with Crippen molar-refractivity contribution in [2.45, 2.75) is 37.3 Å². The molecule has 142 valence electrons. The number of carbonyl (C=O) groups is 1. The number of urea groups is 1. The van der Waals surface area contributed by atoms with Crippen molar-refractivity contribution in [3.63, 3.8) is 0 Å². The van der Waals surface area contributed by atoms with E-state index in [-0.39, 0.29) is 11.6 Å². The number of nitrogens with one attached hydrogen (secondary N) is 1. The molecule has 0 bridgehead atoms. The van der Waals surface area contributed by atoms with Crippen molar-refractivity contribution < 1.29 is 14.3 Å². The molecule has 3 aliphatic rings. The third-order valence-corrected chi connectivity index (χ3v) is 6.02. The first kappa shape index (κ1) is 17.8. The first-order valence-electron chi connectivity index (χ1n) is 9.81. The number of rotatable bonds is 2. The molecule has 1 N–H and O–H groups in total. The maximum absolute atomic E-state index is 12.5. The molecule has 1 unspecified atom stereocenters. The Balaban J connectivity index is 1.31. The minimum Gasteiger partial charge on any atom is -0.379 e. The minimum absolute atomic E-state index is 0.00779. The maximum Gasteiger partial charge on any atom is 0.321 e. The number of amides is 2. The van der Waals surface area contributed by atoms with Crippen LogP contribution in [0.2, 0.25) is 0 Å². The summed E-state index contributed by atoms with van der Waals surface area (Å²) in [5.74, 6) is 0. The molecule has 0 aliphatic carbocycles. The topological polar surface area (TPSA) is 54.0 Å². The first-order valence-corrected chi connectivity index (χ1v) is 9.81. The van der Waals surface area contributed by atoms with Crippen molar-refractivity contribution in [2.75, 3.05) is 51.3 Å². The van der Waals surface area contributed by atoms with Crippen LogP contribution in [0.5, 0.6) is 0 Å². The third-order valence-electron chi connectivity index (χ3n) is 6.02. The lowest BCUT2D eigenvalue weighted by atomic mass is 9.82.